The number of hydrogen-bond donors (Lipinski definition) is 2. The van der Waals surface area contributed by atoms with E-state index in [0.717, 1.165) is 49.6 Å². The molecule has 0 aliphatic heterocycles. The van der Waals surface area contributed by atoms with Gasteiger partial charge < -0.3 is 19.9 Å². The number of ether oxygens (including phenoxy) is 1. The second-order valence-electron chi connectivity index (χ2n) is 7.24. The standard InChI is InChI=1S/C23H34N4O2/c1-5-19(3)29-21-16-18(2)11-12-20(21)17-26-23(24-4)25-13-7-9-15-27-14-8-6-10-22(27)28/h6,8,10-12,14,16,19H,5,7,9,13,15,17H2,1-4H3,(H2,24,25,26). The zero-order chi connectivity index (χ0) is 21.1. The summed E-state index contributed by atoms with van der Waals surface area (Å²) in [7, 11) is 1.77. The molecule has 0 aliphatic rings. The smallest absolute Gasteiger partial charge is 0.250 e. The van der Waals surface area contributed by atoms with Gasteiger partial charge in [0.2, 0.25) is 5.56 Å². The van der Waals surface area contributed by atoms with Crippen molar-refractivity contribution in [1.29, 1.82) is 0 Å². The van der Waals surface area contributed by atoms with Gasteiger partial charge in [-0.1, -0.05) is 25.1 Å². The first-order chi connectivity index (χ1) is 14.0. The van der Waals surface area contributed by atoms with Crippen molar-refractivity contribution in [3.8, 4) is 5.75 Å². The average molecular weight is 399 g/mol. The van der Waals surface area contributed by atoms with E-state index in [4.69, 9.17) is 4.74 Å². The molecule has 158 valence electrons. The van der Waals surface area contributed by atoms with Crippen LogP contribution >= 0.6 is 0 Å². The summed E-state index contributed by atoms with van der Waals surface area (Å²) in [6, 6.07) is 11.5. The van der Waals surface area contributed by atoms with Crippen LogP contribution in [0.5, 0.6) is 5.75 Å². The van der Waals surface area contributed by atoms with E-state index < -0.39 is 0 Å². The van der Waals surface area contributed by atoms with E-state index in [2.05, 4.69) is 54.6 Å². The van der Waals surface area contributed by atoms with Gasteiger partial charge in [0.1, 0.15) is 5.75 Å². The molecule has 1 atom stereocenters. The van der Waals surface area contributed by atoms with Crippen LogP contribution in [0.1, 0.15) is 44.2 Å². The van der Waals surface area contributed by atoms with E-state index in [1.807, 2.05) is 12.3 Å². The van der Waals surface area contributed by atoms with E-state index in [1.54, 1.807) is 23.7 Å². The van der Waals surface area contributed by atoms with Crippen molar-refractivity contribution in [2.45, 2.75) is 59.2 Å². The maximum atomic E-state index is 11.7. The second kappa shape index (κ2) is 11.9. The Morgan fingerprint density at radius 2 is 2.03 bits per heavy atom. The predicted octanol–water partition coefficient (Wildman–Crippen LogP) is 3.48. The largest absolute Gasteiger partial charge is 0.490 e. The van der Waals surface area contributed by atoms with Gasteiger partial charge in [-0.3, -0.25) is 9.79 Å². The Balaban J connectivity index is 1.79. The first kappa shape index (κ1) is 22.5. The Kier molecular flexibility index (Phi) is 9.28. The van der Waals surface area contributed by atoms with Gasteiger partial charge in [0, 0.05) is 44.5 Å². The number of aliphatic imine (C=N–C) groups is 1. The van der Waals surface area contributed by atoms with Crippen LogP contribution < -0.4 is 20.9 Å². The average Bonchev–Trinajstić information content (AvgIpc) is 2.72. The molecule has 1 heterocycles. The number of hydrogen-bond acceptors (Lipinski definition) is 3. The highest BCUT2D eigenvalue weighted by molar-refractivity contribution is 5.79. The van der Waals surface area contributed by atoms with Gasteiger partial charge in [-0.15, -0.1) is 0 Å². The van der Waals surface area contributed by atoms with E-state index in [9.17, 15) is 4.79 Å². The molecule has 0 aliphatic carbocycles. The summed E-state index contributed by atoms with van der Waals surface area (Å²) in [6.45, 7) is 8.45. The molecule has 0 fully saturated rings. The van der Waals surface area contributed by atoms with E-state index in [0.29, 0.717) is 6.54 Å². The van der Waals surface area contributed by atoms with Gasteiger partial charge in [-0.25, -0.2) is 0 Å². The third-order valence-electron chi connectivity index (χ3n) is 4.81. The molecule has 29 heavy (non-hydrogen) atoms. The zero-order valence-electron chi connectivity index (χ0n) is 18.1. The lowest BCUT2D eigenvalue weighted by Gasteiger charge is -2.18. The van der Waals surface area contributed by atoms with Crippen LogP contribution in [-0.4, -0.2) is 30.2 Å². The van der Waals surface area contributed by atoms with Gasteiger partial charge in [-0.2, -0.15) is 0 Å². The number of nitrogens with zero attached hydrogens (tertiary/aromatic N) is 2. The van der Waals surface area contributed by atoms with Crippen molar-refractivity contribution >= 4 is 5.96 Å². The lowest BCUT2D eigenvalue weighted by atomic mass is 10.1. The number of guanidine groups is 1. The molecule has 0 radical (unpaired) electrons. The first-order valence-electron chi connectivity index (χ1n) is 10.4. The molecular weight excluding hydrogens is 364 g/mol. The molecule has 2 aromatic rings. The third kappa shape index (κ3) is 7.64. The van der Waals surface area contributed by atoms with Crippen molar-refractivity contribution in [2.75, 3.05) is 13.6 Å². The fourth-order valence-corrected chi connectivity index (χ4v) is 2.88. The van der Waals surface area contributed by atoms with Gasteiger partial charge in [-0.05, 0) is 50.8 Å². The van der Waals surface area contributed by atoms with Gasteiger partial charge in [0.05, 0.1) is 6.10 Å². The van der Waals surface area contributed by atoms with E-state index in [-0.39, 0.29) is 11.7 Å². The van der Waals surface area contributed by atoms with Crippen LogP contribution in [-0.2, 0) is 13.1 Å². The lowest BCUT2D eigenvalue weighted by molar-refractivity contribution is 0.215. The molecule has 1 aromatic heterocycles. The number of unbranched alkanes of at least 4 members (excludes halogenated alkanes) is 1. The van der Waals surface area contributed by atoms with Crippen LogP contribution in [0.15, 0.2) is 52.4 Å². The molecule has 0 spiro atoms. The van der Waals surface area contributed by atoms with Crippen LogP contribution in [0.2, 0.25) is 0 Å². The maximum Gasteiger partial charge on any atom is 0.250 e. The highest BCUT2D eigenvalue weighted by Gasteiger charge is 2.08. The van der Waals surface area contributed by atoms with E-state index >= 15 is 0 Å². The fraction of sp³-hybridized carbons (Fsp3) is 0.478. The number of rotatable bonds is 10. The summed E-state index contributed by atoms with van der Waals surface area (Å²) in [6.07, 6.45) is 4.87. The predicted molar refractivity (Wildman–Crippen MR) is 120 cm³/mol. The highest BCUT2D eigenvalue weighted by Crippen LogP contribution is 2.22. The molecule has 6 heteroatoms. The Bertz CT molecular complexity index is 845. The van der Waals surface area contributed by atoms with Crippen molar-refractivity contribution in [3.05, 3.63) is 64.1 Å². The molecule has 0 amide bonds. The van der Waals surface area contributed by atoms with Crippen LogP contribution in [0.25, 0.3) is 0 Å². The molecule has 2 N–H and O–H groups in total. The minimum atomic E-state index is 0.0476. The number of aryl methyl sites for hydroxylation is 2. The Morgan fingerprint density at radius 3 is 2.76 bits per heavy atom. The number of aromatic nitrogens is 1. The Hall–Kier alpha value is -2.76. The number of pyridine rings is 1. The number of benzene rings is 1. The van der Waals surface area contributed by atoms with Crippen molar-refractivity contribution in [3.63, 3.8) is 0 Å². The van der Waals surface area contributed by atoms with Gasteiger partial charge in [0.25, 0.3) is 0 Å². The minimum Gasteiger partial charge on any atom is -0.490 e. The summed E-state index contributed by atoms with van der Waals surface area (Å²) in [5, 5.41) is 6.69. The van der Waals surface area contributed by atoms with Crippen LogP contribution in [0, 0.1) is 6.92 Å². The molecule has 0 bridgehead atoms. The summed E-state index contributed by atoms with van der Waals surface area (Å²) in [4.78, 5) is 16.0. The molecule has 1 aromatic carbocycles. The quantitative estimate of drug-likeness (QED) is 0.365. The SMILES string of the molecule is CCC(C)Oc1cc(C)ccc1CNC(=NC)NCCCCn1ccccc1=O. The topological polar surface area (TPSA) is 67.7 Å². The number of nitrogens with one attached hydrogen (secondary N) is 2. The zero-order valence-corrected chi connectivity index (χ0v) is 18.1. The van der Waals surface area contributed by atoms with Crippen molar-refractivity contribution < 1.29 is 4.74 Å². The summed E-state index contributed by atoms with van der Waals surface area (Å²) < 4.78 is 7.82. The molecule has 2 rings (SSSR count). The van der Waals surface area contributed by atoms with E-state index in [1.165, 1.54) is 5.56 Å². The van der Waals surface area contributed by atoms with Crippen LogP contribution in [0.3, 0.4) is 0 Å². The molecule has 0 saturated carbocycles. The lowest BCUT2D eigenvalue weighted by Crippen LogP contribution is -2.37. The van der Waals surface area contributed by atoms with Gasteiger partial charge in [0.15, 0.2) is 5.96 Å². The molecular formula is C23H34N4O2. The van der Waals surface area contributed by atoms with Gasteiger partial charge >= 0.3 is 0 Å². The summed E-state index contributed by atoms with van der Waals surface area (Å²) in [5.41, 5.74) is 2.35. The Morgan fingerprint density at radius 1 is 1.21 bits per heavy atom. The summed E-state index contributed by atoms with van der Waals surface area (Å²) >= 11 is 0. The van der Waals surface area contributed by atoms with Crippen molar-refractivity contribution in [1.82, 2.24) is 15.2 Å². The molecule has 1 unspecified atom stereocenters. The summed E-state index contributed by atoms with van der Waals surface area (Å²) in [5.74, 6) is 1.69. The second-order valence-corrected chi connectivity index (χ2v) is 7.24. The maximum absolute atomic E-state index is 11.7. The monoisotopic (exact) mass is 398 g/mol. The molecule has 0 saturated heterocycles. The fourth-order valence-electron chi connectivity index (χ4n) is 2.88. The normalized spacial score (nSPS) is 12.5. The van der Waals surface area contributed by atoms with Crippen molar-refractivity contribution in [2.24, 2.45) is 4.99 Å². The first-order valence-corrected chi connectivity index (χ1v) is 10.4. The van der Waals surface area contributed by atoms with Crippen LogP contribution in [0.4, 0.5) is 0 Å². The minimum absolute atomic E-state index is 0.0476. The Labute approximate surface area is 174 Å². The highest BCUT2D eigenvalue weighted by atomic mass is 16.5. The third-order valence-corrected chi connectivity index (χ3v) is 4.81. The molecule has 6 nitrogen and oxygen atoms in total.